The maximum Gasteiger partial charge on any atom is 0.169 e. The summed E-state index contributed by atoms with van der Waals surface area (Å²) in [6.45, 7) is 6.79. The summed E-state index contributed by atoms with van der Waals surface area (Å²) in [6, 6.07) is 8.96. The van der Waals surface area contributed by atoms with Crippen LogP contribution >= 0.6 is 0 Å². The second kappa shape index (κ2) is 11.8. The number of hydrogen-bond donors (Lipinski definition) is 0. The molecule has 0 bridgehead atoms. The van der Waals surface area contributed by atoms with E-state index in [1.165, 1.54) is 68.9 Å². The van der Waals surface area contributed by atoms with E-state index in [1.54, 1.807) is 0 Å². The third-order valence-electron chi connectivity index (χ3n) is 4.91. The van der Waals surface area contributed by atoms with Crippen LogP contribution in [0.15, 0.2) is 49.1 Å². The molecule has 0 N–H and O–H groups in total. The van der Waals surface area contributed by atoms with Crippen LogP contribution in [0.5, 0.6) is 0 Å². The first kappa shape index (κ1) is 19.6. The highest BCUT2D eigenvalue weighted by Gasteiger charge is 2.05. The van der Waals surface area contributed by atoms with Gasteiger partial charge in [-0.25, -0.2) is 9.13 Å². The van der Waals surface area contributed by atoms with E-state index < -0.39 is 0 Å². The standard InChI is InChI=1S/C23H36N2/c1-3-5-7-8-9-11-17-25-20-14-23(15-21-25)22-12-18-24(19-13-22)16-10-6-4-2/h12-15,18-21H,3-11,16-17H2,1-2H3/q+2. The Morgan fingerprint density at radius 3 is 1.36 bits per heavy atom. The van der Waals surface area contributed by atoms with Crippen LogP contribution in [0.3, 0.4) is 0 Å². The van der Waals surface area contributed by atoms with Crippen LogP contribution in [0.1, 0.15) is 71.6 Å². The number of hydrogen-bond acceptors (Lipinski definition) is 0. The van der Waals surface area contributed by atoms with E-state index in [9.17, 15) is 0 Å². The summed E-state index contributed by atoms with van der Waals surface area (Å²) in [5.41, 5.74) is 2.61. The van der Waals surface area contributed by atoms with Crippen molar-refractivity contribution < 1.29 is 9.13 Å². The van der Waals surface area contributed by atoms with Crippen molar-refractivity contribution in [1.82, 2.24) is 0 Å². The summed E-state index contributed by atoms with van der Waals surface area (Å²) in [6.07, 6.45) is 20.9. The van der Waals surface area contributed by atoms with Gasteiger partial charge < -0.3 is 0 Å². The summed E-state index contributed by atoms with van der Waals surface area (Å²) in [7, 11) is 0. The van der Waals surface area contributed by atoms with Gasteiger partial charge in [0.2, 0.25) is 0 Å². The Morgan fingerprint density at radius 2 is 0.880 bits per heavy atom. The Bertz CT molecular complexity index is 572. The summed E-state index contributed by atoms with van der Waals surface area (Å²) >= 11 is 0. The third-order valence-corrected chi connectivity index (χ3v) is 4.91. The Kier molecular flexibility index (Phi) is 9.25. The van der Waals surface area contributed by atoms with Crippen molar-refractivity contribution >= 4 is 0 Å². The maximum absolute atomic E-state index is 2.32. The highest BCUT2D eigenvalue weighted by molar-refractivity contribution is 5.60. The molecule has 0 aliphatic rings. The Balaban J connectivity index is 1.79. The number of nitrogens with zero attached hydrogens (tertiary/aromatic N) is 2. The molecule has 2 rings (SSSR count). The summed E-state index contributed by atoms with van der Waals surface area (Å²) < 4.78 is 4.61. The van der Waals surface area contributed by atoms with Gasteiger partial charge in [-0.1, -0.05) is 46.0 Å². The first-order valence-electron chi connectivity index (χ1n) is 10.3. The predicted molar refractivity (Wildman–Crippen MR) is 105 cm³/mol. The lowest BCUT2D eigenvalue weighted by molar-refractivity contribution is -0.697. The second-order valence-electron chi connectivity index (χ2n) is 7.12. The molecule has 0 aliphatic heterocycles. The summed E-state index contributed by atoms with van der Waals surface area (Å²) in [5, 5.41) is 0. The van der Waals surface area contributed by atoms with Gasteiger partial charge in [0.15, 0.2) is 24.8 Å². The third kappa shape index (κ3) is 7.37. The Hall–Kier alpha value is -1.70. The average Bonchev–Trinajstić information content (AvgIpc) is 2.66. The van der Waals surface area contributed by atoms with Crippen molar-refractivity contribution in [3.05, 3.63) is 49.1 Å². The SMILES string of the molecule is CCCCCCCC[n+]1ccc(-c2cc[n+](CCCCC)cc2)cc1. The van der Waals surface area contributed by atoms with E-state index in [2.05, 4.69) is 72.0 Å². The monoisotopic (exact) mass is 340 g/mol. The lowest BCUT2D eigenvalue weighted by Gasteiger charge is -2.02. The molecule has 2 heteroatoms. The van der Waals surface area contributed by atoms with Gasteiger partial charge in [0.1, 0.15) is 13.1 Å². The molecule has 0 amide bonds. The molecule has 2 nitrogen and oxygen atoms in total. The van der Waals surface area contributed by atoms with E-state index in [0.717, 1.165) is 13.1 Å². The lowest BCUT2D eigenvalue weighted by atomic mass is 10.1. The molecule has 0 spiro atoms. The van der Waals surface area contributed by atoms with Crippen molar-refractivity contribution in [1.29, 1.82) is 0 Å². The maximum atomic E-state index is 2.32. The zero-order valence-corrected chi connectivity index (χ0v) is 16.3. The van der Waals surface area contributed by atoms with Gasteiger partial charge in [0, 0.05) is 37.1 Å². The van der Waals surface area contributed by atoms with E-state index >= 15 is 0 Å². The van der Waals surface area contributed by atoms with Crippen LogP contribution in [0.2, 0.25) is 0 Å². The predicted octanol–water partition coefficient (Wildman–Crippen LogP) is 5.48. The van der Waals surface area contributed by atoms with Crippen LogP contribution in [-0.4, -0.2) is 0 Å². The number of unbranched alkanes of at least 4 members (excludes halogenated alkanes) is 7. The van der Waals surface area contributed by atoms with Crippen molar-refractivity contribution in [2.24, 2.45) is 0 Å². The Labute approximate surface area is 154 Å². The van der Waals surface area contributed by atoms with Gasteiger partial charge in [-0.15, -0.1) is 0 Å². The molecular weight excluding hydrogens is 304 g/mol. The highest BCUT2D eigenvalue weighted by atomic mass is 14.9. The van der Waals surface area contributed by atoms with Gasteiger partial charge in [0.05, 0.1) is 0 Å². The molecule has 0 saturated carbocycles. The first-order valence-corrected chi connectivity index (χ1v) is 10.3. The molecular formula is C23H36N2+2. The zero-order valence-electron chi connectivity index (χ0n) is 16.3. The minimum absolute atomic E-state index is 1.13. The summed E-state index contributed by atoms with van der Waals surface area (Å²) in [5.74, 6) is 0. The summed E-state index contributed by atoms with van der Waals surface area (Å²) in [4.78, 5) is 0. The molecule has 0 unspecified atom stereocenters. The molecule has 2 aromatic heterocycles. The first-order chi connectivity index (χ1) is 12.3. The Morgan fingerprint density at radius 1 is 0.520 bits per heavy atom. The van der Waals surface area contributed by atoms with Crippen LogP contribution in [0.25, 0.3) is 11.1 Å². The molecule has 25 heavy (non-hydrogen) atoms. The van der Waals surface area contributed by atoms with E-state index in [-0.39, 0.29) is 0 Å². The highest BCUT2D eigenvalue weighted by Crippen LogP contribution is 2.15. The molecule has 0 fully saturated rings. The molecule has 0 atom stereocenters. The average molecular weight is 341 g/mol. The van der Waals surface area contributed by atoms with Gasteiger partial charge >= 0.3 is 0 Å². The van der Waals surface area contributed by atoms with E-state index in [1.807, 2.05) is 0 Å². The molecule has 0 aromatic carbocycles. The van der Waals surface area contributed by atoms with Gasteiger partial charge in [-0.05, 0) is 24.0 Å². The molecule has 2 aromatic rings. The zero-order chi connectivity index (χ0) is 17.7. The van der Waals surface area contributed by atoms with Crippen molar-refractivity contribution in [3.8, 4) is 11.1 Å². The second-order valence-corrected chi connectivity index (χ2v) is 7.12. The molecule has 136 valence electrons. The number of aromatic nitrogens is 2. The topological polar surface area (TPSA) is 7.76 Å². The van der Waals surface area contributed by atoms with Crippen molar-refractivity contribution in [2.45, 2.75) is 84.7 Å². The molecule has 0 saturated heterocycles. The lowest BCUT2D eigenvalue weighted by Crippen LogP contribution is -2.33. The largest absolute Gasteiger partial charge is 0.205 e. The van der Waals surface area contributed by atoms with Crippen LogP contribution < -0.4 is 9.13 Å². The van der Waals surface area contributed by atoms with Gasteiger partial charge in [0.25, 0.3) is 0 Å². The van der Waals surface area contributed by atoms with Crippen LogP contribution in [0.4, 0.5) is 0 Å². The molecule has 0 aliphatic carbocycles. The quantitative estimate of drug-likeness (QED) is 0.357. The minimum Gasteiger partial charge on any atom is -0.205 e. The fourth-order valence-electron chi connectivity index (χ4n) is 3.22. The number of aryl methyl sites for hydroxylation is 2. The number of rotatable bonds is 12. The van der Waals surface area contributed by atoms with E-state index in [4.69, 9.17) is 0 Å². The van der Waals surface area contributed by atoms with Crippen LogP contribution in [-0.2, 0) is 13.1 Å². The molecule has 0 radical (unpaired) electrons. The van der Waals surface area contributed by atoms with Gasteiger partial charge in [-0.3, -0.25) is 0 Å². The number of pyridine rings is 2. The van der Waals surface area contributed by atoms with Crippen molar-refractivity contribution in [3.63, 3.8) is 0 Å². The normalized spacial score (nSPS) is 11.0. The van der Waals surface area contributed by atoms with Crippen molar-refractivity contribution in [2.75, 3.05) is 0 Å². The fraction of sp³-hybridized carbons (Fsp3) is 0.565. The van der Waals surface area contributed by atoms with Gasteiger partial charge in [-0.2, -0.15) is 0 Å². The smallest absolute Gasteiger partial charge is 0.169 e. The molecule has 2 heterocycles. The van der Waals surface area contributed by atoms with Crippen LogP contribution in [0, 0.1) is 0 Å². The fourth-order valence-corrected chi connectivity index (χ4v) is 3.22. The van der Waals surface area contributed by atoms with E-state index in [0.29, 0.717) is 0 Å². The minimum atomic E-state index is 1.13.